The molecule has 0 spiro atoms. The van der Waals surface area contributed by atoms with Crippen molar-refractivity contribution in [3.05, 3.63) is 146 Å². The number of benzene rings is 6. The third-order valence-electron chi connectivity index (χ3n) is 8.99. The lowest BCUT2D eigenvalue weighted by atomic mass is 10.0. The molecule has 0 atom stereocenters. The Morgan fingerprint density at radius 1 is 0.422 bits per heavy atom. The zero-order valence-electron chi connectivity index (χ0n) is 24.1. The Kier molecular flexibility index (Phi) is 5.35. The van der Waals surface area contributed by atoms with Crippen LogP contribution in [0.25, 0.3) is 90.4 Å². The zero-order chi connectivity index (χ0) is 29.5. The summed E-state index contributed by atoms with van der Waals surface area (Å²) in [6.45, 7) is 0. The van der Waals surface area contributed by atoms with Gasteiger partial charge >= 0.3 is 0 Å². The van der Waals surface area contributed by atoms with E-state index in [9.17, 15) is 0 Å². The normalized spacial score (nSPS) is 12.0. The first kappa shape index (κ1) is 25.1. The standard InChI is InChI=1S/C41H24N2S2/c1-2-11-25(12-3-1)34-21-26(22-35(42-34)31-17-10-16-30-28-14-5-9-20-39(28)45-41(30)31)43-36-18-7-4-13-27(36)32-24-40-33(23-37(32)43)29-15-6-8-19-38(29)44-40/h1-24H. The van der Waals surface area contributed by atoms with Crippen molar-refractivity contribution in [2.45, 2.75) is 0 Å². The van der Waals surface area contributed by atoms with E-state index in [1.807, 2.05) is 22.7 Å². The van der Waals surface area contributed by atoms with Crippen LogP contribution >= 0.6 is 22.7 Å². The first-order valence-electron chi connectivity index (χ1n) is 15.1. The van der Waals surface area contributed by atoms with Gasteiger partial charge in [-0.1, -0.05) is 103 Å². The summed E-state index contributed by atoms with van der Waals surface area (Å²) in [4.78, 5) is 5.34. The minimum Gasteiger partial charge on any atom is -0.309 e. The first-order chi connectivity index (χ1) is 22.3. The largest absolute Gasteiger partial charge is 0.309 e. The second-order valence-electron chi connectivity index (χ2n) is 11.6. The summed E-state index contributed by atoms with van der Waals surface area (Å²) in [5, 5.41) is 7.74. The van der Waals surface area contributed by atoms with Crippen LogP contribution in [-0.2, 0) is 0 Å². The monoisotopic (exact) mass is 608 g/mol. The molecule has 4 heteroatoms. The fourth-order valence-corrected chi connectivity index (χ4v) is 9.31. The van der Waals surface area contributed by atoms with Crippen molar-refractivity contribution in [1.29, 1.82) is 0 Å². The molecule has 10 rings (SSSR count). The average Bonchev–Trinajstić information content (AvgIpc) is 3.76. The molecule has 0 saturated carbocycles. The van der Waals surface area contributed by atoms with Crippen LogP contribution in [0, 0.1) is 0 Å². The summed E-state index contributed by atoms with van der Waals surface area (Å²) in [7, 11) is 0. The van der Waals surface area contributed by atoms with Gasteiger partial charge in [0.1, 0.15) is 0 Å². The number of hydrogen-bond donors (Lipinski definition) is 0. The lowest BCUT2D eigenvalue weighted by Crippen LogP contribution is -1.98. The molecule has 0 saturated heterocycles. The van der Waals surface area contributed by atoms with Crippen LogP contribution in [0.4, 0.5) is 0 Å². The quantitative estimate of drug-likeness (QED) is 0.195. The maximum atomic E-state index is 5.34. The number of para-hydroxylation sites is 1. The maximum Gasteiger partial charge on any atom is 0.0744 e. The van der Waals surface area contributed by atoms with Gasteiger partial charge in [-0.3, -0.25) is 0 Å². The molecule has 45 heavy (non-hydrogen) atoms. The topological polar surface area (TPSA) is 17.8 Å². The number of pyridine rings is 1. The van der Waals surface area contributed by atoms with E-state index in [0.29, 0.717) is 0 Å². The molecular formula is C41H24N2S2. The molecule has 0 amide bonds. The molecule has 210 valence electrons. The predicted molar refractivity (Wildman–Crippen MR) is 195 cm³/mol. The Balaban J connectivity index is 1.31. The Morgan fingerprint density at radius 2 is 1.09 bits per heavy atom. The molecule has 4 aromatic heterocycles. The summed E-state index contributed by atoms with van der Waals surface area (Å²) in [5.41, 5.74) is 7.75. The lowest BCUT2D eigenvalue weighted by Gasteiger charge is -2.14. The Bertz CT molecular complexity index is 2760. The minimum absolute atomic E-state index is 0.967. The lowest BCUT2D eigenvalue weighted by molar-refractivity contribution is 1.16. The van der Waals surface area contributed by atoms with Gasteiger partial charge in [-0.2, -0.15) is 0 Å². The minimum atomic E-state index is 0.967. The van der Waals surface area contributed by atoms with Crippen molar-refractivity contribution in [2.75, 3.05) is 0 Å². The van der Waals surface area contributed by atoms with Crippen LogP contribution in [0.1, 0.15) is 0 Å². The fourth-order valence-electron chi connectivity index (χ4n) is 6.95. The number of aromatic nitrogens is 2. The first-order valence-corrected chi connectivity index (χ1v) is 16.8. The molecule has 10 aromatic rings. The van der Waals surface area contributed by atoms with Crippen LogP contribution in [0.15, 0.2) is 146 Å². The fraction of sp³-hybridized carbons (Fsp3) is 0. The molecule has 0 aliphatic carbocycles. The number of fused-ring (bicyclic) bond motifs is 9. The second-order valence-corrected chi connectivity index (χ2v) is 13.7. The number of hydrogen-bond acceptors (Lipinski definition) is 3. The zero-order valence-corrected chi connectivity index (χ0v) is 25.7. The van der Waals surface area contributed by atoms with Crippen molar-refractivity contribution in [3.8, 4) is 28.2 Å². The van der Waals surface area contributed by atoms with Crippen LogP contribution < -0.4 is 0 Å². The van der Waals surface area contributed by atoms with E-state index in [1.165, 1.54) is 67.7 Å². The van der Waals surface area contributed by atoms with Gasteiger partial charge < -0.3 is 4.57 Å². The molecule has 6 aromatic carbocycles. The highest BCUT2D eigenvalue weighted by Gasteiger charge is 2.19. The van der Waals surface area contributed by atoms with Crippen LogP contribution in [0.5, 0.6) is 0 Å². The molecular weight excluding hydrogens is 585 g/mol. The highest BCUT2D eigenvalue weighted by Crippen LogP contribution is 2.43. The summed E-state index contributed by atoms with van der Waals surface area (Å²) in [6.07, 6.45) is 0. The third kappa shape index (κ3) is 3.77. The highest BCUT2D eigenvalue weighted by atomic mass is 32.1. The molecule has 0 radical (unpaired) electrons. The van der Waals surface area contributed by atoms with Gasteiger partial charge in [0, 0.05) is 62.2 Å². The highest BCUT2D eigenvalue weighted by molar-refractivity contribution is 7.26. The maximum absolute atomic E-state index is 5.34. The van der Waals surface area contributed by atoms with E-state index in [4.69, 9.17) is 4.98 Å². The number of rotatable bonds is 3. The van der Waals surface area contributed by atoms with Gasteiger partial charge in [0.25, 0.3) is 0 Å². The van der Waals surface area contributed by atoms with Crippen molar-refractivity contribution in [3.63, 3.8) is 0 Å². The second kappa shape index (κ2) is 9.60. The van der Waals surface area contributed by atoms with Gasteiger partial charge in [0.05, 0.1) is 28.1 Å². The molecule has 0 N–H and O–H groups in total. The summed E-state index contributed by atoms with van der Waals surface area (Å²) in [5.74, 6) is 0. The number of nitrogens with zero attached hydrogens (tertiary/aromatic N) is 2. The van der Waals surface area contributed by atoms with E-state index < -0.39 is 0 Å². The summed E-state index contributed by atoms with van der Waals surface area (Å²) < 4.78 is 7.66. The van der Waals surface area contributed by atoms with Crippen LogP contribution in [0.2, 0.25) is 0 Å². The SMILES string of the molecule is c1ccc(-c2cc(-n3c4ccccc4c4cc5sc6ccccc6c5cc43)cc(-c3cccc4c3sc3ccccc34)n2)cc1. The van der Waals surface area contributed by atoms with E-state index in [-0.39, 0.29) is 0 Å². The van der Waals surface area contributed by atoms with E-state index in [1.54, 1.807) is 0 Å². The molecule has 4 heterocycles. The average molecular weight is 609 g/mol. The molecule has 0 fully saturated rings. The van der Waals surface area contributed by atoms with E-state index in [2.05, 4.69) is 150 Å². The van der Waals surface area contributed by atoms with Gasteiger partial charge in [-0.25, -0.2) is 4.98 Å². The molecule has 0 unspecified atom stereocenters. The Morgan fingerprint density at radius 3 is 1.93 bits per heavy atom. The molecule has 0 bridgehead atoms. The molecule has 2 nitrogen and oxygen atoms in total. The predicted octanol–water partition coefficient (Wildman–Crippen LogP) is 12.2. The van der Waals surface area contributed by atoms with Gasteiger partial charge in [-0.15, -0.1) is 22.7 Å². The van der Waals surface area contributed by atoms with E-state index >= 15 is 0 Å². The van der Waals surface area contributed by atoms with Crippen LogP contribution in [-0.4, -0.2) is 9.55 Å². The van der Waals surface area contributed by atoms with Crippen molar-refractivity contribution < 1.29 is 0 Å². The van der Waals surface area contributed by atoms with Crippen molar-refractivity contribution in [1.82, 2.24) is 9.55 Å². The van der Waals surface area contributed by atoms with E-state index in [0.717, 1.165) is 22.6 Å². The van der Waals surface area contributed by atoms with Gasteiger partial charge in [-0.05, 0) is 42.5 Å². The van der Waals surface area contributed by atoms with Gasteiger partial charge in [0.15, 0.2) is 0 Å². The van der Waals surface area contributed by atoms with Gasteiger partial charge in [0.2, 0.25) is 0 Å². The smallest absolute Gasteiger partial charge is 0.0744 e. The third-order valence-corrected chi connectivity index (χ3v) is 11.3. The summed E-state index contributed by atoms with van der Waals surface area (Å²) >= 11 is 3.73. The van der Waals surface area contributed by atoms with Crippen LogP contribution in [0.3, 0.4) is 0 Å². The Hall–Kier alpha value is -5.29. The van der Waals surface area contributed by atoms with Crippen molar-refractivity contribution >= 4 is 84.8 Å². The Labute approximate surface area is 267 Å². The molecule has 0 aliphatic heterocycles. The van der Waals surface area contributed by atoms with Crippen molar-refractivity contribution in [2.24, 2.45) is 0 Å². The summed E-state index contributed by atoms with van der Waals surface area (Å²) in [6, 6.07) is 52.8. The number of thiophene rings is 2. The molecule has 0 aliphatic rings.